The van der Waals surface area contributed by atoms with Crippen molar-refractivity contribution in [3.63, 3.8) is 0 Å². The van der Waals surface area contributed by atoms with E-state index < -0.39 is 0 Å². The van der Waals surface area contributed by atoms with Gasteiger partial charge in [-0.1, -0.05) is 110 Å². The number of hydrogen-bond donors (Lipinski definition) is 0. The Morgan fingerprint density at radius 3 is 1.62 bits per heavy atom. The van der Waals surface area contributed by atoms with Crippen molar-refractivity contribution in [2.24, 2.45) is 0 Å². The summed E-state index contributed by atoms with van der Waals surface area (Å²) in [5.41, 5.74) is 0. The molecular formula is C21H40N2O. The molecule has 3 nitrogen and oxygen atoms in total. The van der Waals surface area contributed by atoms with Gasteiger partial charge in [0.05, 0.1) is 6.20 Å². The summed E-state index contributed by atoms with van der Waals surface area (Å²) in [5.74, 6) is 1.39. The Morgan fingerprint density at radius 2 is 1.21 bits per heavy atom. The first-order chi connectivity index (χ1) is 11.8. The van der Waals surface area contributed by atoms with Gasteiger partial charge in [0.25, 0.3) is 0 Å². The Morgan fingerprint density at radius 1 is 0.750 bits per heavy atom. The fourth-order valence-corrected chi connectivity index (χ4v) is 3.36. The largest absolute Gasteiger partial charge is 0.342 e. The second kappa shape index (κ2) is 15.7. The normalized spacial score (nSPS) is 12.6. The van der Waals surface area contributed by atoms with Crippen LogP contribution in [0.2, 0.25) is 0 Å². The van der Waals surface area contributed by atoms with Crippen LogP contribution in [0.5, 0.6) is 0 Å². The molecule has 24 heavy (non-hydrogen) atoms. The van der Waals surface area contributed by atoms with Gasteiger partial charge in [0.2, 0.25) is 0 Å². The third kappa shape index (κ3) is 11.6. The molecule has 1 aromatic heterocycles. The Bertz CT molecular complexity index is 351. The van der Waals surface area contributed by atoms with Crippen molar-refractivity contribution < 1.29 is 4.52 Å². The summed E-state index contributed by atoms with van der Waals surface area (Å²) in [6, 6.07) is 0. The van der Waals surface area contributed by atoms with Crippen LogP contribution in [0, 0.1) is 0 Å². The predicted octanol–water partition coefficient (Wildman–Crippen LogP) is 7.43. The molecule has 0 amide bonds. The van der Waals surface area contributed by atoms with Crippen LogP contribution in [0.1, 0.15) is 128 Å². The van der Waals surface area contributed by atoms with E-state index >= 15 is 0 Å². The lowest BCUT2D eigenvalue weighted by molar-refractivity contribution is 0.340. The minimum atomic E-state index is 0.460. The molecule has 1 rings (SSSR count). The first-order valence-corrected chi connectivity index (χ1v) is 10.6. The zero-order valence-electron chi connectivity index (χ0n) is 16.3. The highest BCUT2D eigenvalue weighted by atomic mass is 16.5. The molecule has 1 unspecified atom stereocenters. The molecule has 0 fully saturated rings. The zero-order chi connectivity index (χ0) is 17.3. The van der Waals surface area contributed by atoms with E-state index in [1.807, 2.05) is 0 Å². The molecule has 1 heterocycles. The predicted molar refractivity (Wildman–Crippen MR) is 102 cm³/mol. The molecule has 0 saturated carbocycles. The van der Waals surface area contributed by atoms with Crippen LogP contribution < -0.4 is 0 Å². The van der Waals surface area contributed by atoms with Gasteiger partial charge >= 0.3 is 0 Å². The number of nitrogens with zero attached hydrogens (tertiary/aromatic N) is 2. The number of hydrogen-bond acceptors (Lipinski definition) is 3. The van der Waals surface area contributed by atoms with Crippen molar-refractivity contribution >= 4 is 0 Å². The van der Waals surface area contributed by atoms with E-state index in [0.29, 0.717) is 5.92 Å². The van der Waals surface area contributed by atoms with Crippen LogP contribution in [0.15, 0.2) is 10.7 Å². The Labute approximate surface area is 150 Å². The van der Waals surface area contributed by atoms with Gasteiger partial charge in [-0.15, -0.1) is 5.10 Å². The highest BCUT2D eigenvalue weighted by molar-refractivity contribution is 4.94. The van der Waals surface area contributed by atoms with E-state index in [-0.39, 0.29) is 0 Å². The van der Waals surface area contributed by atoms with Crippen LogP contribution in [-0.4, -0.2) is 10.4 Å². The maximum Gasteiger partial charge on any atom is 0.159 e. The smallest absolute Gasteiger partial charge is 0.159 e. The molecule has 1 aromatic rings. The average molecular weight is 337 g/mol. The summed E-state index contributed by atoms with van der Waals surface area (Å²) in [7, 11) is 0. The molecule has 0 aliphatic carbocycles. The van der Waals surface area contributed by atoms with Crippen molar-refractivity contribution in [3.8, 4) is 0 Å². The maximum absolute atomic E-state index is 5.11. The van der Waals surface area contributed by atoms with Crippen molar-refractivity contribution in [1.82, 2.24) is 10.4 Å². The fraction of sp³-hybridized carbons (Fsp3) is 0.905. The van der Waals surface area contributed by atoms with Gasteiger partial charge in [-0.05, 0) is 6.42 Å². The summed E-state index contributed by atoms with van der Waals surface area (Å²) in [6.45, 7) is 4.49. The summed E-state index contributed by atoms with van der Waals surface area (Å²) >= 11 is 0. The van der Waals surface area contributed by atoms with E-state index in [9.17, 15) is 0 Å². The minimum absolute atomic E-state index is 0.460. The van der Waals surface area contributed by atoms with E-state index in [4.69, 9.17) is 4.52 Å². The number of aromatic nitrogens is 2. The first-order valence-electron chi connectivity index (χ1n) is 10.6. The first kappa shape index (κ1) is 21.2. The standard InChI is InChI=1S/C21H40N2O/c1-3-4-5-6-7-8-9-10-11-12-13-14-15-16-17-18-20(2)21-19-22-23-24-21/h19-20H,3-18H2,1-2H3. The third-order valence-electron chi connectivity index (χ3n) is 5.10. The van der Waals surface area contributed by atoms with Crippen molar-refractivity contribution in [3.05, 3.63) is 12.0 Å². The Hall–Kier alpha value is -0.860. The van der Waals surface area contributed by atoms with E-state index in [0.717, 1.165) is 5.76 Å². The molecule has 0 radical (unpaired) electrons. The summed E-state index contributed by atoms with van der Waals surface area (Å²) < 4.78 is 5.11. The summed E-state index contributed by atoms with van der Waals surface area (Å²) in [5, 5.41) is 7.29. The van der Waals surface area contributed by atoms with Gasteiger partial charge in [0.15, 0.2) is 5.76 Å². The van der Waals surface area contributed by atoms with Crippen LogP contribution in [0.25, 0.3) is 0 Å². The highest BCUT2D eigenvalue weighted by Crippen LogP contribution is 2.21. The van der Waals surface area contributed by atoms with Gasteiger partial charge in [0, 0.05) is 11.2 Å². The second-order valence-electron chi connectivity index (χ2n) is 7.46. The molecule has 0 aliphatic heterocycles. The van der Waals surface area contributed by atoms with Crippen molar-refractivity contribution in [2.45, 2.75) is 122 Å². The summed E-state index contributed by atoms with van der Waals surface area (Å²) in [4.78, 5) is 0. The van der Waals surface area contributed by atoms with Crippen LogP contribution in [0.4, 0.5) is 0 Å². The maximum atomic E-state index is 5.11. The molecule has 0 N–H and O–H groups in total. The second-order valence-corrected chi connectivity index (χ2v) is 7.46. The molecule has 0 saturated heterocycles. The van der Waals surface area contributed by atoms with Gasteiger partial charge in [-0.2, -0.15) is 0 Å². The number of unbranched alkanes of at least 4 members (excludes halogenated alkanes) is 14. The lowest BCUT2D eigenvalue weighted by Crippen LogP contribution is -1.91. The fourth-order valence-electron chi connectivity index (χ4n) is 3.36. The lowest BCUT2D eigenvalue weighted by atomic mass is 9.99. The molecule has 0 spiro atoms. The minimum Gasteiger partial charge on any atom is -0.342 e. The Kier molecular flexibility index (Phi) is 13.8. The van der Waals surface area contributed by atoms with Gasteiger partial charge in [0.1, 0.15) is 0 Å². The lowest BCUT2D eigenvalue weighted by Gasteiger charge is -2.06. The monoisotopic (exact) mass is 336 g/mol. The van der Waals surface area contributed by atoms with Crippen molar-refractivity contribution in [1.29, 1.82) is 0 Å². The molecular weight excluding hydrogens is 296 g/mol. The van der Waals surface area contributed by atoms with Crippen LogP contribution >= 0.6 is 0 Å². The number of rotatable bonds is 17. The highest BCUT2D eigenvalue weighted by Gasteiger charge is 2.09. The van der Waals surface area contributed by atoms with E-state index in [1.165, 1.54) is 103 Å². The molecule has 3 heteroatoms. The third-order valence-corrected chi connectivity index (χ3v) is 5.10. The van der Waals surface area contributed by atoms with E-state index in [2.05, 4.69) is 24.2 Å². The summed E-state index contributed by atoms with van der Waals surface area (Å²) in [6.07, 6.45) is 24.2. The van der Waals surface area contributed by atoms with Gasteiger partial charge in [-0.3, -0.25) is 0 Å². The molecule has 140 valence electrons. The van der Waals surface area contributed by atoms with Gasteiger partial charge in [-0.25, -0.2) is 0 Å². The molecule has 0 bridgehead atoms. The molecule has 0 aliphatic rings. The topological polar surface area (TPSA) is 38.9 Å². The van der Waals surface area contributed by atoms with Crippen LogP contribution in [-0.2, 0) is 0 Å². The molecule has 1 atom stereocenters. The van der Waals surface area contributed by atoms with Crippen molar-refractivity contribution in [2.75, 3.05) is 0 Å². The van der Waals surface area contributed by atoms with Gasteiger partial charge < -0.3 is 4.52 Å². The van der Waals surface area contributed by atoms with E-state index in [1.54, 1.807) is 6.20 Å². The average Bonchev–Trinajstić information content (AvgIpc) is 3.13. The quantitative estimate of drug-likeness (QED) is 0.277. The molecule has 0 aromatic carbocycles. The van der Waals surface area contributed by atoms with Crippen LogP contribution in [0.3, 0.4) is 0 Å². The Balaban J connectivity index is 1.73. The zero-order valence-corrected chi connectivity index (χ0v) is 16.3. The SMILES string of the molecule is CCCCCCCCCCCCCCCCCC(C)c1cnno1.